The van der Waals surface area contributed by atoms with Gasteiger partial charge in [0.25, 0.3) is 0 Å². The molecule has 1 aromatic heterocycles. The summed E-state index contributed by atoms with van der Waals surface area (Å²) in [6.07, 6.45) is 4.82. The molecule has 6 nitrogen and oxygen atoms in total. The maximum absolute atomic E-state index is 12.4. The molecule has 2 atom stereocenters. The number of hydrogen-bond donors (Lipinski definition) is 0. The van der Waals surface area contributed by atoms with Gasteiger partial charge in [-0.3, -0.25) is 14.8 Å². The molecular weight excluding hydrogens is 352 g/mol. The van der Waals surface area contributed by atoms with Gasteiger partial charge in [-0.05, 0) is 51.2 Å². The lowest BCUT2D eigenvalue weighted by molar-refractivity contribution is -0.129. The molecule has 0 spiro atoms. The summed E-state index contributed by atoms with van der Waals surface area (Å²) in [5.41, 5.74) is 2.59. The van der Waals surface area contributed by atoms with E-state index in [4.69, 9.17) is 4.74 Å². The van der Waals surface area contributed by atoms with Gasteiger partial charge >= 0.3 is 0 Å². The van der Waals surface area contributed by atoms with Crippen molar-refractivity contribution in [1.29, 1.82) is 5.26 Å². The number of aromatic nitrogens is 2. The van der Waals surface area contributed by atoms with Gasteiger partial charge < -0.3 is 9.64 Å². The molecule has 1 saturated heterocycles. The molecule has 0 aliphatic carbocycles. The first-order valence-corrected chi connectivity index (χ1v) is 9.81. The standard InChI is InChI=1S/C22H28N4O2/c1-15-9-16(10-18(27)14-28-22(2,3)4)13-26(12-15)19-6-5-17(11-23)20-21(19)25-8-7-24-20/h5-8,15-16H,9-10,12-14H2,1-4H3/t15-,16-/m0/s1. The van der Waals surface area contributed by atoms with Crippen molar-refractivity contribution in [2.24, 2.45) is 11.8 Å². The maximum atomic E-state index is 12.4. The first kappa shape index (κ1) is 20.2. The van der Waals surface area contributed by atoms with Gasteiger partial charge in [-0.2, -0.15) is 5.26 Å². The van der Waals surface area contributed by atoms with Gasteiger partial charge in [0, 0.05) is 31.9 Å². The van der Waals surface area contributed by atoms with Crippen LogP contribution >= 0.6 is 0 Å². The summed E-state index contributed by atoms with van der Waals surface area (Å²) in [5.74, 6) is 0.901. The van der Waals surface area contributed by atoms with Crippen LogP contribution in [0.2, 0.25) is 0 Å². The third-order valence-corrected chi connectivity index (χ3v) is 4.99. The summed E-state index contributed by atoms with van der Waals surface area (Å²) in [5, 5.41) is 9.35. The van der Waals surface area contributed by atoms with Crippen LogP contribution in [-0.2, 0) is 9.53 Å². The molecule has 0 amide bonds. The minimum atomic E-state index is -0.304. The Morgan fingerprint density at radius 2 is 1.96 bits per heavy atom. The van der Waals surface area contributed by atoms with E-state index in [9.17, 15) is 10.1 Å². The van der Waals surface area contributed by atoms with E-state index in [0.717, 1.165) is 30.7 Å². The Hall–Kier alpha value is -2.52. The fraction of sp³-hybridized carbons (Fsp3) is 0.545. The minimum absolute atomic E-state index is 0.151. The SMILES string of the molecule is C[C@H]1C[C@@H](CC(=O)COC(C)(C)C)CN(c2ccc(C#N)c3nccnc23)C1. The number of fused-ring (bicyclic) bond motifs is 1. The number of nitriles is 1. The van der Waals surface area contributed by atoms with Crippen molar-refractivity contribution in [2.45, 2.75) is 46.1 Å². The Balaban J connectivity index is 1.78. The second kappa shape index (κ2) is 8.24. The van der Waals surface area contributed by atoms with E-state index in [-0.39, 0.29) is 23.9 Å². The van der Waals surface area contributed by atoms with E-state index in [0.29, 0.717) is 23.4 Å². The van der Waals surface area contributed by atoms with Crippen LogP contribution in [0, 0.1) is 23.2 Å². The van der Waals surface area contributed by atoms with Gasteiger partial charge in [0.2, 0.25) is 0 Å². The van der Waals surface area contributed by atoms with Gasteiger partial charge in [-0.15, -0.1) is 0 Å². The normalized spacial score (nSPS) is 20.2. The van der Waals surface area contributed by atoms with Gasteiger partial charge in [0.05, 0.1) is 16.9 Å². The molecule has 1 aliphatic rings. The van der Waals surface area contributed by atoms with Gasteiger partial charge in [0.1, 0.15) is 23.7 Å². The monoisotopic (exact) mass is 380 g/mol. The minimum Gasteiger partial charge on any atom is -0.369 e. The lowest BCUT2D eigenvalue weighted by Gasteiger charge is -2.38. The van der Waals surface area contributed by atoms with E-state index in [1.165, 1.54) is 0 Å². The molecule has 0 bridgehead atoms. The molecule has 148 valence electrons. The highest BCUT2D eigenvalue weighted by atomic mass is 16.5. The van der Waals surface area contributed by atoms with E-state index in [1.54, 1.807) is 12.4 Å². The highest BCUT2D eigenvalue weighted by Gasteiger charge is 2.28. The lowest BCUT2D eigenvalue weighted by Crippen LogP contribution is -2.41. The second-order valence-electron chi connectivity index (χ2n) is 8.75. The number of hydrogen-bond acceptors (Lipinski definition) is 6. The van der Waals surface area contributed by atoms with Crippen molar-refractivity contribution in [3.8, 4) is 6.07 Å². The first-order chi connectivity index (χ1) is 13.3. The largest absolute Gasteiger partial charge is 0.369 e. The predicted molar refractivity (Wildman–Crippen MR) is 109 cm³/mol. The van der Waals surface area contributed by atoms with Crippen LogP contribution < -0.4 is 4.90 Å². The quantitative estimate of drug-likeness (QED) is 0.786. The molecule has 2 aromatic rings. The molecule has 0 saturated carbocycles. The van der Waals surface area contributed by atoms with Crippen LogP contribution in [0.25, 0.3) is 11.0 Å². The lowest BCUT2D eigenvalue weighted by atomic mass is 9.86. The van der Waals surface area contributed by atoms with Crippen LogP contribution in [0.15, 0.2) is 24.5 Å². The molecule has 3 rings (SSSR count). The zero-order valence-corrected chi connectivity index (χ0v) is 17.1. The number of anilines is 1. The van der Waals surface area contributed by atoms with Crippen LogP contribution in [0.5, 0.6) is 0 Å². The highest BCUT2D eigenvalue weighted by Crippen LogP contribution is 2.32. The van der Waals surface area contributed by atoms with E-state index in [1.807, 2.05) is 32.9 Å². The Bertz CT molecular complexity index is 898. The average Bonchev–Trinajstić information content (AvgIpc) is 2.64. The molecule has 6 heteroatoms. The molecule has 1 aromatic carbocycles. The number of carbonyl (C=O) groups excluding carboxylic acids is 1. The number of piperidine rings is 1. The van der Waals surface area contributed by atoms with Gasteiger partial charge in [-0.25, -0.2) is 0 Å². The predicted octanol–water partition coefficient (Wildman–Crippen LogP) is 3.74. The fourth-order valence-electron chi connectivity index (χ4n) is 3.89. The Labute approximate surface area is 166 Å². The number of rotatable bonds is 5. The molecular formula is C22H28N4O2. The zero-order chi connectivity index (χ0) is 20.3. The zero-order valence-electron chi connectivity index (χ0n) is 17.1. The number of benzene rings is 1. The Morgan fingerprint density at radius 3 is 2.64 bits per heavy atom. The summed E-state index contributed by atoms with van der Waals surface area (Å²) < 4.78 is 5.64. The topological polar surface area (TPSA) is 79.1 Å². The van der Waals surface area contributed by atoms with Crippen LogP contribution in [-0.4, -0.2) is 41.0 Å². The number of carbonyl (C=O) groups is 1. The average molecular weight is 380 g/mol. The molecule has 0 unspecified atom stereocenters. The third-order valence-electron chi connectivity index (χ3n) is 4.99. The van der Waals surface area contributed by atoms with E-state index in [2.05, 4.69) is 27.9 Å². The number of nitrogens with zero attached hydrogens (tertiary/aromatic N) is 4. The maximum Gasteiger partial charge on any atom is 0.158 e. The molecule has 1 aliphatic heterocycles. The summed E-state index contributed by atoms with van der Waals surface area (Å²) >= 11 is 0. The fourth-order valence-corrected chi connectivity index (χ4v) is 3.89. The number of ketones is 1. The van der Waals surface area contributed by atoms with Crippen molar-refractivity contribution in [2.75, 3.05) is 24.6 Å². The van der Waals surface area contributed by atoms with Crippen LogP contribution in [0.3, 0.4) is 0 Å². The van der Waals surface area contributed by atoms with Gasteiger partial charge in [-0.1, -0.05) is 6.92 Å². The van der Waals surface area contributed by atoms with Crippen molar-refractivity contribution < 1.29 is 9.53 Å². The van der Waals surface area contributed by atoms with Gasteiger partial charge in [0.15, 0.2) is 5.78 Å². The summed E-state index contributed by atoms with van der Waals surface area (Å²) in [6.45, 7) is 9.96. The Morgan fingerprint density at radius 1 is 1.25 bits per heavy atom. The molecule has 0 radical (unpaired) electrons. The third kappa shape index (κ3) is 4.85. The smallest absolute Gasteiger partial charge is 0.158 e. The molecule has 0 N–H and O–H groups in total. The van der Waals surface area contributed by atoms with Crippen LogP contribution in [0.4, 0.5) is 5.69 Å². The van der Waals surface area contributed by atoms with Crippen molar-refractivity contribution in [3.05, 3.63) is 30.1 Å². The summed E-state index contributed by atoms with van der Waals surface area (Å²) in [4.78, 5) is 23.5. The van der Waals surface area contributed by atoms with Crippen molar-refractivity contribution in [1.82, 2.24) is 9.97 Å². The molecule has 2 heterocycles. The highest BCUT2D eigenvalue weighted by molar-refractivity contribution is 5.92. The van der Waals surface area contributed by atoms with E-state index < -0.39 is 0 Å². The van der Waals surface area contributed by atoms with Crippen LogP contribution in [0.1, 0.15) is 46.1 Å². The summed E-state index contributed by atoms with van der Waals surface area (Å²) in [7, 11) is 0. The number of ether oxygens (including phenoxy) is 1. The first-order valence-electron chi connectivity index (χ1n) is 9.81. The molecule has 28 heavy (non-hydrogen) atoms. The van der Waals surface area contributed by atoms with Crippen molar-refractivity contribution >= 4 is 22.5 Å². The van der Waals surface area contributed by atoms with E-state index >= 15 is 0 Å². The summed E-state index contributed by atoms with van der Waals surface area (Å²) in [6, 6.07) is 5.95. The molecule has 1 fully saturated rings. The number of Topliss-reactive ketones (excluding diaryl/α,β-unsaturated/α-hetero) is 1. The Kier molecular flexibility index (Phi) is 5.95. The second-order valence-corrected chi connectivity index (χ2v) is 8.75. The van der Waals surface area contributed by atoms with Crippen molar-refractivity contribution in [3.63, 3.8) is 0 Å².